The van der Waals surface area contributed by atoms with Crippen LogP contribution in [0.3, 0.4) is 0 Å². The maximum absolute atomic E-state index is 6.17. The van der Waals surface area contributed by atoms with Crippen LogP contribution in [0.1, 0.15) is 0 Å². The lowest BCUT2D eigenvalue weighted by Gasteiger charge is -2.09. The van der Waals surface area contributed by atoms with Crippen molar-refractivity contribution in [3.05, 3.63) is 140 Å². The fourth-order valence-electron chi connectivity index (χ4n) is 7.08. The van der Waals surface area contributed by atoms with Crippen LogP contribution < -0.4 is 0 Å². The van der Waals surface area contributed by atoms with Crippen molar-refractivity contribution in [1.29, 1.82) is 0 Å². The van der Waals surface area contributed by atoms with Gasteiger partial charge in [-0.1, -0.05) is 103 Å². The molecule has 0 saturated heterocycles. The van der Waals surface area contributed by atoms with Gasteiger partial charge in [0.1, 0.15) is 22.3 Å². The van der Waals surface area contributed by atoms with E-state index in [1.807, 2.05) is 18.2 Å². The van der Waals surface area contributed by atoms with Gasteiger partial charge in [-0.25, -0.2) is 4.98 Å². The SMILES string of the molecule is c1ccc2c(c1)oc1cccc(-c3ccc(-n4c5ccccc5c5c4nc4c6ccccc6c6ccccc6n45)cc3)c12. The van der Waals surface area contributed by atoms with Crippen molar-refractivity contribution in [2.75, 3.05) is 0 Å². The fraction of sp³-hybridized carbons (Fsp3) is 0. The average molecular weight is 550 g/mol. The molecule has 4 nitrogen and oxygen atoms in total. The number of hydrogen-bond acceptors (Lipinski definition) is 2. The second-order valence-corrected chi connectivity index (χ2v) is 11.2. The van der Waals surface area contributed by atoms with Gasteiger partial charge in [0, 0.05) is 32.6 Å². The third-order valence-corrected chi connectivity index (χ3v) is 8.91. The van der Waals surface area contributed by atoms with Crippen LogP contribution in [0.5, 0.6) is 0 Å². The summed E-state index contributed by atoms with van der Waals surface area (Å²) in [5.74, 6) is 0. The molecule has 6 aromatic carbocycles. The van der Waals surface area contributed by atoms with Gasteiger partial charge < -0.3 is 4.42 Å². The lowest BCUT2D eigenvalue weighted by molar-refractivity contribution is 0.669. The highest BCUT2D eigenvalue weighted by Crippen LogP contribution is 2.39. The van der Waals surface area contributed by atoms with E-state index in [0.717, 1.165) is 66.4 Å². The van der Waals surface area contributed by atoms with Gasteiger partial charge in [-0.2, -0.15) is 0 Å². The fourth-order valence-corrected chi connectivity index (χ4v) is 7.08. The lowest BCUT2D eigenvalue weighted by Crippen LogP contribution is -1.94. The molecule has 10 rings (SSSR count). The molecule has 0 fully saturated rings. The molecule has 0 aliphatic rings. The molecule has 4 heteroatoms. The Labute approximate surface area is 245 Å². The molecule has 0 unspecified atom stereocenters. The number of imidazole rings is 1. The van der Waals surface area contributed by atoms with E-state index < -0.39 is 0 Å². The minimum absolute atomic E-state index is 0.907. The van der Waals surface area contributed by atoms with Crippen LogP contribution in [0.2, 0.25) is 0 Å². The molecular weight excluding hydrogens is 526 g/mol. The van der Waals surface area contributed by atoms with Gasteiger partial charge in [-0.15, -0.1) is 0 Å². The van der Waals surface area contributed by atoms with Crippen molar-refractivity contribution in [2.45, 2.75) is 0 Å². The van der Waals surface area contributed by atoms with Crippen molar-refractivity contribution in [3.8, 4) is 16.8 Å². The number of para-hydroxylation sites is 3. The smallest absolute Gasteiger partial charge is 0.165 e. The van der Waals surface area contributed by atoms with Gasteiger partial charge in [0.15, 0.2) is 5.65 Å². The first kappa shape index (κ1) is 22.8. The molecule has 4 aromatic heterocycles. The van der Waals surface area contributed by atoms with E-state index in [1.54, 1.807) is 0 Å². The Morgan fingerprint density at radius 1 is 0.465 bits per heavy atom. The molecule has 0 aliphatic carbocycles. The molecular formula is C39H23N3O. The second kappa shape index (κ2) is 8.34. The highest BCUT2D eigenvalue weighted by molar-refractivity contribution is 6.17. The number of fused-ring (bicyclic) bond motifs is 13. The van der Waals surface area contributed by atoms with Gasteiger partial charge in [-0.3, -0.25) is 8.97 Å². The molecule has 0 bridgehead atoms. The van der Waals surface area contributed by atoms with E-state index in [-0.39, 0.29) is 0 Å². The maximum Gasteiger partial charge on any atom is 0.165 e. The number of furan rings is 1. The zero-order valence-corrected chi connectivity index (χ0v) is 23.0. The Morgan fingerprint density at radius 2 is 1.12 bits per heavy atom. The molecule has 0 N–H and O–H groups in total. The number of benzene rings is 6. The summed E-state index contributed by atoms with van der Waals surface area (Å²) in [7, 11) is 0. The van der Waals surface area contributed by atoms with E-state index in [0.29, 0.717) is 0 Å². The number of aromatic nitrogens is 3. The first-order chi connectivity index (χ1) is 21.3. The normalized spacial score (nSPS) is 12.2. The number of hydrogen-bond donors (Lipinski definition) is 0. The zero-order valence-electron chi connectivity index (χ0n) is 23.0. The summed E-state index contributed by atoms with van der Waals surface area (Å²) >= 11 is 0. The highest BCUT2D eigenvalue weighted by Gasteiger charge is 2.21. The molecule has 0 saturated carbocycles. The van der Waals surface area contributed by atoms with Crippen LogP contribution in [-0.4, -0.2) is 14.0 Å². The minimum Gasteiger partial charge on any atom is -0.456 e. The maximum atomic E-state index is 6.17. The molecule has 43 heavy (non-hydrogen) atoms. The topological polar surface area (TPSA) is 35.4 Å². The standard InChI is InChI=1S/C39H23N3O/c1-2-12-29-27(10-1)28-11-3-6-16-32(28)42-37-30-13-4-7-17-33(30)41(39(37)40-38(29)42)25-22-20-24(21-23-25)26-15-9-19-35-36(26)31-14-5-8-18-34(31)43-35/h1-23H. The monoisotopic (exact) mass is 549 g/mol. The summed E-state index contributed by atoms with van der Waals surface area (Å²) in [5.41, 5.74) is 10.6. The van der Waals surface area contributed by atoms with Crippen molar-refractivity contribution >= 4 is 71.3 Å². The van der Waals surface area contributed by atoms with Crippen LogP contribution in [0.15, 0.2) is 144 Å². The Kier molecular flexibility index (Phi) is 4.42. The summed E-state index contributed by atoms with van der Waals surface area (Å²) in [6.07, 6.45) is 0. The van der Waals surface area contributed by atoms with Gasteiger partial charge >= 0.3 is 0 Å². The molecule has 4 heterocycles. The summed E-state index contributed by atoms with van der Waals surface area (Å²) in [4.78, 5) is 5.37. The van der Waals surface area contributed by atoms with Crippen molar-refractivity contribution < 1.29 is 4.42 Å². The molecule has 0 aliphatic heterocycles. The molecule has 10 aromatic rings. The molecule has 0 amide bonds. The van der Waals surface area contributed by atoms with Gasteiger partial charge in [0.05, 0.1) is 11.0 Å². The Balaban J connectivity index is 1.25. The van der Waals surface area contributed by atoms with Crippen LogP contribution >= 0.6 is 0 Å². The molecule has 200 valence electrons. The van der Waals surface area contributed by atoms with Crippen molar-refractivity contribution in [1.82, 2.24) is 14.0 Å². The Hall–Kier alpha value is -5.87. The zero-order chi connectivity index (χ0) is 28.1. The van der Waals surface area contributed by atoms with E-state index in [9.17, 15) is 0 Å². The van der Waals surface area contributed by atoms with E-state index in [1.165, 1.54) is 21.7 Å². The number of nitrogens with zero attached hydrogens (tertiary/aromatic N) is 3. The Bertz CT molecular complexity index is 2720. The van der Waals surface area contributed by atoms with E-state index in [2.05, 4.69) is 130 Å². The second-order valence-electron chi connectivity index (χ2n) is 11.2. The van der Waals surface area contributed by atoms with Crippen LogP contribution in [0.25, 0.3) is 88.1 Å². The summed E-state index contributed by atoms with van der Waals surface area (Å²) in [5, 5.41) is 7.08. The van der Waals surface area contributed by atoms with Crippen molar-refractivity contribution in [3.63, 3.8) is 0 Å². The van der Waals surface area contributed by atoms with Gasteiger partial charge in [0.25, 0.3) is 0 Å². The van der Waals surface area contributed by atoms with Gasteiger partial charge in [-0.05, 0) is 52.9 Å². The van der Waals surface area contributed by atoms with Crippen molar-refractivity contribution in [2.24, 2.45) is 0 Å². The van der Waals surface area contributed by atoms with Crippen LogP contribution in [0, 0.1) is 0 Å². The highest BCUT2D eigenvalue weighted by atomic mass is 16.3. The molecule has 0 atom stereocenters. The van der Waals surface area contributed by atoms with Gasteiger partial charge in [0.2, 0.25) is 0 Å². The lowest BCUT2D eigenvalue weighted by atomic mass is 9.99. The molecule has 0 radical (unpaired) electrons. The number of pyridine rings is 1. The quantitative estimate of drug-likeness (QED) is 0.201. The Morgan fingerprint density at radius 3 is 1.95 bits per heavy atom. The largest absolute Gasteiger partial charge is 0.456 e. The van der Waals surface area contributed by atoms with Crippen LogP contribution in [0.4, 0.5) is 0 Å². The molecule has 0 spiro atoms. The minimum atomic E-state index is 0.907. The summed E-state index contributed by atoms with van der Waals surface area (Å²) in [6.45, 7) is 0. The third kappa shape index (κ3) is 3.02. The predicted octanol–water partition coefficient (Wildman–Crippen LogP) is 10.3. The van der Waals surface area contributed by atoms with E-state index >= 15 is 0 Å². The first-order valence-electron chi connectivity index (χ1n) is 14.6. The number of rotatable bonds is 2. The first-order valence-corrected chi connectivity index (χ1v) is 14.6. The summed E-state index contributed by atoms with van der Waals surface area (Å²) in [6, 6.07) is 49.3. The average Bonchev–Trinajstić information content (AvgIpc) is 3.74. The predicted molar refractivity (Wildman–Crippen MR) is 177 cm³/mol. The van der Waals surface area contributed by atoms with Crippen LogP contribution in [-0.2, 0) is 0 Å². The third-order valence-electron chi connectivity index (χ3n) is 8.91. The summed E-state index contributed by atoms with van der Waals surface area (Å²) < 4.78 is 10.8. The van der Waals surface area contributed by atoms with E-state index in [4.69, 9.17) is 9.40 Å².